The van der Waals surface area contributed by atoms with Crippen LogP contribution in [0.1, 0.15) is 17.7 Å². The van der Waals surface area contributed by atoms with Crippen LogP contribution in [0.5, 0.6) is 0 Å². The van der Waals surface area contributed by atoms with Crippen LogP contribution in [0.25, 0.3) is 11.0 Å². The number of aryl methyl sites for hydroxylation is 1. The van der Waals surface area contributed by atoms with Gasteiger partial charge in [0.1, 0.15) is 23.3 Å². The molecule has 18 heavy (non-hydrogen) atoms. The van der Waals surface area contributed by atoms with Crippen molar-refractivity contribution in [3.8, 4) is 0 Å². The molecule has 0 amide bonds. The molecular weight excluding hydrogens is 228 g/mol. The number of nitrogens with zero attached hydrogens (tertiary/aromatic N) is 2. The van der Waals surface area contributed by atoms with E-state index in [2.05, 4.69) is 4.98 Å². The maximum Gasteiger partial charge on any atom is 0.135 e. The second-order valence-corrected chi connectivity index (χ2v) is 4.33. The van der Waals surface area contributed by atoms with Gasteiger partial charge < -0.3 is 14.1 Å². The summed E-state index contributed by atoms with van der Waals surface area (Å²) in [6.45, 7) is 2.36. The van der Waals surface area contributed by atoms with E-state index in [1.54, 1.807) is 6.20 Å². The Bertz CT molecular complexity index is 636. The number of hydrogen-bond donors (Lipinski definition) is 1. The second kappa shape index (κ2) is 4.31. The summed E-state index contributed by atoms with van der Waals surface area (Å²) >= 11 is 0. The number of fused-ring (bicyclic) bond motifs is 1. The number of para-hydroxylation sites is 1. The third-order valence-electron chi connectivity index (χ3n) is 3.07. The van der Waals surface area contributed by atoms with Gasteiger partial charge in [0.25, 0.3) is 0 Å². The predicted molar refractivity (Wildman–Crippen MR) is 68.1 cm³/mol. The molecule has 2 aromatic heterocycles. The van der Waals surface area contributed by atoms with E-state index in [1.807, 2.05) is 48.0 Å². The summed E-state index contributed by atoms with van der Waals surface area (Å²) in [5.41, 5.74) is 0.800. The summed E-state index contributed by atoms with van der Waals surface area (Å²) < 4.78 is 7.54. The molecule has 0 fully saturated rings. The van der Waals surface area contributed by atoms with Gasteiger partial charge in [-0.1, -0.05) is 18.2 Å². The number of aliphatic hydroxyl groups excluding tert-OH is 1. The lowest BCUT2D eigenvalue weighted by Crippen LogP contribution is -2.08. The molecule has 0 saturated heterocycles. The van der Waals surface area contributed by atoms with Crippen molar-refractivity contribution in [1.82, 2.24) is 9.55 Å². The first kappa shape index (κ1) is 11.0. The molecule has 1 N–H and O–H groups in total. The Hall–Kier alpha value is -2.07. The highest BCUT2D eigenvalue weighted by atomic mass is 16.4. The van der Waals surface area contributed by atoms with Crippen molar-refractivity contribution in [3.63, 3.8) is 0 Å². The number of hydrogen-bond acceptors (Lipinski definition) is 3. The van der Waals surface area contributed by atoms with Crippen LogP contribution in [-0.4, -0.2) is 14.7 Å². The van der Waals surface area contributed by atoms with E-state index in [4.69, 9.17) is 4.42 Å². The minimum Gasteiger partial charge on any atom is -0.458 e. The van der Waals surface area contributed by atoms with Gasteiger partial charge in [0.05, 0.1) is 6.54 Å². The highest BCUT2D eigenvalue weighted by Crippen LogP contribution is 2.24. The third kappa shape index (κ3) is 1.91. The standard InChI is InChI=1S/C14H14N2O2/c1-10-15-6-7-16(10)9-12(17)14-8-11-4-2-3-5-13(11)18-14/h2-8,12,17H,9H2,1H3. The number of aromatic nitrogens is 2. The number of imidazole rings is 1. The Morgan fingerprint density at radius 3 is 2.94 bits per heavy atom. The van der Waals surface area contributed by atoms with Crippen molar-refractivity contribution in [2.24, 2.45) is 0 Å². The molecule has 4 nitrogen and oxygen atoms in total. The van der Waals surface area contributed by atoms with E-state index in [0.717, 1.165) is 16.8 Å². The van der Waals surface area contributed by atoms with Gasteiger partial charge in [-0.05, 0) is 19.1 Å². The van der Waals surface area contributed by atoms with Crippen molar-refractivity contribution < 1.29 is 9.52 Å². The Morgan fingerprint density at radius 1 is 1.39 bits per heavy atom. The predicted octanol–water partition coefficient (Wildman–Crippen LogP) is 2.67. The van der Waals surface area contributed by atoms with Crippen LogP contribution < -0.4 is 0 Å². The summed E-state index contributed by atoms with van der Waals surface area (Å²) in [5, 5.41) is 11.2. The average Bonchev–Trinajstić information content (AvgIpc) is 2.96. The quantitative estimate of drug-likeness (QED) is 0.768. The van der Waals surface area contributed by atoms with Crippen molar-refractivity contribution in [3.05, 3.63) is 54.3 Å². The fraction of sp³-hybridized carbons (Fsp3) is 0.214. The van der Waals surface area contributed by atoms with Gasteiger partial charge in [0, 0.05) is 17.8 Å². The molecule has 0 radical (unpaired) electrons. The summed E-state index contributed by atoms with van der Waals surface area (Å²) in [7, 11) is 0. The van der Waals surface area contributed by atoms with E-state index < -0.39 is 6.10 Å². The SMILES string of the molecule is Cc1nccn1CC(O)c1cc2ccccc2o1. The molecule has 0 bridgehead atoms. The fourth-order valence-electron chi connectivity index (χ4n) is 2.04. The van der Waals surface area contributed by atoms with Gasteiger partial charge in [-0.2, -0.15) is 0 Å². The molecule has 1 unspecified atom stereocenters. The molecule has 3 aromatic rings. The van der Waals surface area contributed by atoms with Gasteiger partial charge in [0.2, 0.25) is 0 Å². The monoisotopic (exact) mass is 242 g/mol. The smallest absolute Gasteiger partial charge is 0.135 e. The molecular formula is C14H14N2O2. The van der Waals surface area contributed by atoms with Gasteiger partial charge >= 0.3 is 0 Å². The molecule has 1 atom stereocenters. The molecule has 0 aliphatic carbocycles. The lowest BCUT2D eigenvalue weighted by Gasteiger charge is -2.09. The summed E-state index contributed by atoms with van der Waals surface area (Å²) in [5.74, 6) is 1.47. The summed E-state index contributed by atoms with van der Waals surface area (Å²) in [4.78, 5) is 4.13. The Balaban J connectivity index is 1.88. The highest BCUT2D eigenvalue weighted by Gasteiger charge is 2.14. The van der Waals surface area contributed by atoms with Crippen molar-refractivity contribution in [2.75, 3.05) is 0 Å². The highest BCUT2D eigenvalue weighted by molar-refractivity contribution is 5.77. The zero-order valence-electron chi connectivity index (χ0n) is 10.1. The van der Waals surface area contributed by atoms with E-state index in [9.17, 15) is 5.11 Å². The van der Waals surface area contributed by atoms with Gasteiger partial charge in [-0.3, -0.25) is 0 Å². The number of furan rings is 1. The molecule has 92 valence electrons. The van der Waals surface area contributed by atoms with Crippen LogP contribution in [0.4, 0.5) is 0 Å². The third-order valence-corrected chi connectivity index (χ3v) is 3.07. The maximum absolute atomic E-state index is 10.2. The van der Waals surface area contributed by atoms with Crippen molar-refractivity contribution >= 4 is 11.0 Å². The zero-order valence-corrected chi connectivity index (χ0v) is 10.1. The van der Waals surface area contributed by atoms with E-state index in [1.165, 1.54) is 0 Å². The topological polar surface area (TPSA) is 51.2 Å². The minimum absolute atomic E-state index is 0.450. The lowest BCUT2D eigenvalue weighted by molar-refractivity contribution is 0.132. The normalized spacial score (nSPS) is 13.0. The molecule has 4 heteroatoms. The maximum atomic E-state index is 10.2. The van der Waals surface area contributed by atoms with Crippen LogP contribution in [0, 0.1) is 6.92 Å². The molecule has 0 aliphatic rings. The Kier molecular flexibility index (Phi) is 2.64. The fourth-order valence-corrected chi connectivity index (χ4v) is 2.04. The van der Waals surface area contributed by atoms with Crippen LogP contribution in [0.3, 0.4) is 0 Å². The number of benzene rings is 1. The minimum atomic E-state index is -0.662. The molecule has 0 aliphatic heterocycles. The summed E-state index contributed by atoms with van der Waals surface area (Å²) in [6, 6.07) is 9.62. The first-order chi connectivity index (χ1) is 8.74. The molecule has 0 spiro atoms. The number of aliphatic hydroxyl groups is 1. The van der Waals surface area contributed by atoms with Gasteiger partial charge in [-0.15, -0.1) is 0 Å². The Labute approximate surface area is 104 Å². The molecule has 1 aromatic carbocycles. The first-order valence-corrected chi connectivity index (χ1v) is 5.88. The van der Waals surface area contributed by atoms with Crippen LogP contribution in [0.2, 0.25) is 0 Å². The Morgan fingerprint density at radius 2 is 2.22 bits per heavy atom. The lowest BCUT2D eigenvalue weighted by atomic mass is 10.2. The first-order valence-electron chi connectivity index (χ1n) is 5.88. The molecule has 2 heterocycles. The summed E-state index contributed by atoms with van der Waals surface area (Å²) in [6.07, 6.45) is 2.91. The van der Waals surface area contributed by atoms with Crippen molar-refractivity contribution in [1.29, 1.82) is 0 Å². The van der Waals surface area contributed by atoms with Gasteiger partial charge in [-0.25, -0.2) is 4.98 Å². The number of rotatable bonds is 3. The molecule has 0 saturated carbocycles. The largest absolute Gasteiger partial charge is 0.458 e. The van der Waals surface area contributed by atoms with Crippen molar-refractivity contribution in [2.45, 2.75) is 19.6 Å². The van der Waals surface area contributed by atoms with Crippen LogP contribution in [0.15, 0.2) is 47.1 Å². The van der Waals surface area contributed by atoms with E-state index in [-0.39, 0.29) is 0 Å². The van der Waals surface area contributed by atoms with Crippen LogP contribution >= 0.6 is 0 Å². The molecule has 3 rings (SSSR count). The average molecular weight is 242 g/mol. The van der Waals surface area contributed by atoms with E-state index >= 15 is 0 Å². The van der Waals surface area contributed by atoms with Gasteiger partial charge in [0.15, 0.2) is 0 Å². The van der Waals surface area contributed by atoms with Crippen LogP contribution in [-0.2, 0) is 6.54 Å². The second-order valence-electron chi connectivity index (χ2n) is 4.33. The van der Waals surface area contributed by atoms with E-state index in [0.29, 0.717) is 12.3 Å². The zero-order chi connectivity index (χ0) is 12.5.